The fourth-order valence-corrected chi connectivity index (χ4v) is 0. The van der Waals surface area contributed by atoms with E-state index in [4.69, 9.17) is 10.4 Å². The summed E-state index contributed by atoms with van der Waals surface area (Å²) >= 11 is 0. The van der Waals surface area contributed by atoms with Gasteiger partial charge in [-0.3, -0.25) is 0 Å². The molecule has 0 atom stereocenters. The van der Waals surface area contributed by atoms with Crippen molar-refractivity contribution in [2.24, 2.45) is 0 Å². The molecule has 0 saturated carbocycles. The molecule has 0 aliphatic rings. The van der Waals surface area contributed by atoms with Crippen molar-refractivity contribution in [3.05, 3.63) is 10.9 Å². The minimum atomic E-state index is 0. The van der Waals surface area contributed by atoms with E-state index in [1.54, 1.807) is 0 Å². The largest absolute Gasteiger partial charge is 1.00 e. The summed E-state index contributed by atoms with van der Waals surface area (Å²) in [6, 6.07) is 0. The van der Waals surface area contributed by atoms with Crippen LogP contribution in [-0.4, -0.2) is 5.21 Å². The van der Waals surface area contributed by atoms with Gasteiger partial charge in [0.15, 0.2) is 0 Å². The number of hydrogen-bond donors (Lipinski definition) is 1. The molecule has 0 aromatic rings. The van der Waals surface area contributed by atoms with Crippen LogP contribution in [0.2, 0.25) is 0 Å². The van der Waals surface area contributed by atoms with E-state index in [0.29, 0.717) is 0 Å². The van der Waals surface area contributed by atoms with Gasteiger partial charge in [0, 0.05) is 16.8 Å². The van der Waals surface area contributed by atoms with Gasteiger partial charge < -0.3 is 16.1 Å². The summed E-state index contributed by atoms with van der Waals surface area (Å²) in [5.41, 5.74) is 1.25. The average molecular weight is 129 g/mol. The Morgan fingerprint density at radius 1 is 1.60 bits per heavy atom. The zero-order valence-electron chi connectivity index (χ0n) is 2.64. The Morgan fingerprint density at radius 3 is 1.60 bits per heavy atom. The Kier molecular flexibility index (Phi) is 58.8. The monoisotopic (exact) mass is 129 g/mol. The molecule has 0 amide bonds. The maximum absolute atomic E-state index is 8.11. The Morgan fingerprint density at radius 2 is 1.60 bits per heavy atom. The van der Waals surface area contributed by atoms with E-state index in [1.807, 2.05) is 0 Å². The molecule has 0 aromatic heterocycles. The van der Waals surface area contributed by atoms with Crippen molar-refractivity contribution in [2.45, 2.75) is 0 Å². The Balaban J connectivity index is -0.0000000200. The Labute approximate surface area is 62.2 Å². The van der Waals surface area contributed by atoms with Crippen LogP contribution in [0.4, 0.5) is 0 Å². The third kappa shape index (κ3) is 32.1. The van der Waals surface area contributed by atoms with Gasteiger partial charge in [-0.05, 0) is 0 Å². The van der Waals surface area contributed by atoms with Crippen LogP contribution < -0.4 is 29.6 Å². The third-order valence-corrected chi connectivity index (χ3v) is 0. The van der Waals surface area contributed by atoms with E-state index >= 15 is 0 Å². The summed E-state index contributed by atoms with van der Waals surface area (Å²) < 4.78 is 0. The van der Waals surface area contributed by atoms with E-state index in [2.05, 4.69) is 0 Å². The van der Waals surface area contributed by atoms with Crippen LogP contribution in [0.1, 0.15) is 0 Å². The molecule has 5 heteroatoms. The van der Waals surface area contributed by atoms with Gasteiger partial charge >= 0.3 is 29.6 Å². The van der Waals surface area contributed by atoms with E-state index < -0.39 is 0 Å². The Bertz CT molecular complexity index is 9.61. The zero-order valence-corrected chi connectivity index (χ0v) is 5.68. The van der Waals surface area contributed by atoms with Gasteiger partial charge in [-0.25, -0.2) is 0 Å². The molecule has 0 saturated heterocycles. The predicted molar refractivity (Wildman–Crippen MR) is 8.51 cm³/mol. The van der Waals surface area contributed by atoms with Crippen molar-refractivity contribution < 1.29 is 51.5 Å². The molecule has 0 spiro atoms. The standard InChI is InChI=1S/Co.HNO2.Na/c;2-1-3;/h;2H;/q;-2;+1. The normalized spacial score (nSPS) is 3.60. The minimum absolute atomic E-state index is 0. The van der Waals surface area contributed by atoms with Crippen molar-refractivity contribution in [1.29, 1.82) is 0 Å². The molecular weight excluding hydrogens is 128 g/mol. The van der Waals surface area contributed by atoms with Gasteiger partial charge in [0.2, 0.25) is 0 Å². The van der Waals surface area contributed by atoms with Gasteiger partial charge in [0.25, 0.3) is 0 Å². The van der Waals surface area contributed by atoms with Crippen LogP contribution in [-0.2, 0) is 16.8 Å². The topological polar surface area (TPSA) is 57.4 Å². The van der Waals surface area contributed by atoms with Gasteiger partial charge in [-0.2, -0.15) is 0 Å². The van der Waals surface area contributed by atoms with Crippen LogP contribution in [0.3, 0.4) is 0 Å². The van der Waals surface area contributed by atoms with Crippen LogP contribution >= 0.6 is 0 Å². The molecule has 0 rings (SSSR count). The fraction of sp³-hybridized carbons (Fsp3) is 0. The minimum Gasteiger partial charge on any atom is -0.979 e. The molecule has 0 unspecified atom stereocenters. The second-order valence-electron chi connectivity index (χ2n) is 0.0816. The van der Waals surface area contributed by atoms with Crippen LogP contribution in [0.5, 0.6) is 0 Å². The SMILES string of the molecule is [Co].[Na+].[O-][N-]O. The number of rotatable bonds is 0. The summed E-state index contributed by atoms with van der Waals surface area (Å²) in [4.78, 5) is 0. The molecule has 1 radical (unpaired) electrons. The summed E-state index contributed by atoms with van der Waals surface area (Å²) in [5, 5.41) is 14.8. The molecular formula is HCoNNaO2-. The molecule has 29 valence electrons. The maximum Gasteiger partial charge on any atom is 1.00 e. The summed E-state index contributed by atoms with van der Waals surface area (Å²) in [5.74, 6) is 0. The first kappa shape index (κ1) is 16.2. The predicted octanol–water partition coefficient (Wildman–Crippen LogP) is -2.75. The molecule has 0 aliphatic heterocycles. The molecule has 0 heterocycles. The zero-order chi connectivity index (χ0) is 2.71. The Hall–Kier alpha value is 1.39. The van der Waals surface area contributed by atoms with Crippen molar-refractivity contribution in [3.63, 3.8) is 0 Å². The molecule has 0 aliphatic carbocycles. The number of nitrogens with zero attached hydrogens (tertiary/aromatic N) is 1. The van der Waals surface area contributed by atoms with Crippen molar-refractivity contribution in [2.75, 3.05) is 0 Å². The van der Waals surface area contributed by atoms with Crippen molar-refractivity contribution in [3.8, 4) is 0 Å². The molecule has 3 nitrogen and oxygen atoms in total. The van der Waals surface area contributed by atoms with Crippen LogP contribution in [0.25, 0.3) is 5.64 Å². The van der Waals surface area contributed by atoms with Gasteiger partial charge in [0.05, 0.1) is 0 Å². The summed E-state index contributed by atoms with van der Waals surface area (Å²) in [6.07, 6.45) is 0. The summed E-state index contributed by atoms with van der Waals surface area (Å²) in [7, 11) is 0. The first-order valence-electron chi connectivity index (χ1n) is 0.383. The van der Waals surface area contributed by atoms with Crippen molar-refractivity contribution in [1.82, 2.24) is 0 Å². The van der Waals surface area contributed by atoms with Crippen LogP contribution in [0.15, 0.2) is 0 Å². The number of hydrogen-bond acceptors (Lipinski definition) is 2. The smallest absolute Gasteiger partial charge is 0.979 e. The summed E-state index contributed by atoms with van der Waals surface area (Å²) in [6.45, 7) is 0. The fourth-order valence-electron chi connectivity index (χ4n) is 0. The van der Waals surface area contributed by atoms with Gasteiger partial charge in [-0.1, -0.05) is 0 Å². The second kappa shape index (κ2) is 18.2. The van der Waals surface area contributed by atoms with E-state index in [-0.39, 0.29) is 46.3 Å². The van der Waals surface area contributed by atoms with E-state index in [1.165, 1.54) is 5.64 Å². The molecule has 0 bridgehead atoms. The van der Waals surface area contributed by atoms with E-state index in [9.17, 15) is 0 Å². The molecule has 5 heavy (non-hydrogen) atoms. The molecule has 0 fully saturated rings. The van der Waals surface area contributed by atoms with Gasteiger partial charge in [0.1, 0.15) is 0 Å². The third-order valence-electron chi connectivity index (χ3n) is 0. The average Bonchev–Trinajstić information content (AvgIpc) is 0.918. The van der Waals surface area contributed by atoms with Crippen LogP contribution in [0, 0.1) is 5.21 Å². The van der Waals surface area contributed by atoms with Crippen molar-refractivity contribution >= 4 is 0 Å². The van der Waals surface area contributed by atoms with Gasteiger partial charge in [-0.15, -0.1) is 0 Å². The quantitative estimate of drug-likeness (QED) is 0.284. The first-order valence-corrected chi connectivity index (χ1v) is 0.383. The first-order chi connectivity index (χ1) is 1.41. The molecule has 1 N–H and O–H groups in total. The second-order valence-corrected chi connectivity index (χ2v) is 0.0816. The molecule has 0 aromatic carbocycles. The maximum atomic E-state index is 8.11. The van der Waals surface area contributed by atoms with E-state index in [0.717, 1.165) is 0 Å².